The lowest BCUT2D eigenvalue weighted by atomic mass is 10.1. The van der Waals surface area contributed by atoms with E-state index in [4.69, 9.17) is 21.4 Å². The van der Waals surface area contributed by atoms with E-state index in [1.807, 2.05) is 0 Å². The van der Waals surface area contributed by atoms with Crippen molar-refractivity contribution in [3.05, 3.63) is 41.2 Å². The maximum absolute atomic E-state index is 10.9. The summed E-state index contributed by atoms with van der Waals surface area (Å²) in [5.41, 5.74) is 1.35. The second-order valence-electron chi connectivity index (χ2n) is 4.13. The largest absolute Gasteiger partial charge is 0.497 e. The molecular weight excluding hydrogens is 268 g/mol. The second-order valence-corrected chi connectivity index (χ2v) is 4.56. The van der Waals surface area contributed by atoms with Crippen molar-refractivity contribution in [2.45, 2.75) is 12.8 Å². The van der Waals surface area contributed by atoms with E-state index in [9.17, 15) is 4.79 Å². The van der Waals surface area contributed by atoms with Gasteiger partial charge in [0.15, 0.2) is 0 Å². The van der Waals surface area contributed by atoms with Crippen molar-refractivity contribution in [1.29, 1.82) is 0 Å². The minimum absolute atomic E-state index is 0.526. The highest BCUT2D eigenvalue weighted by atomic mass is 35.5. The Hall–Kier alpha value is -2.01. The summed E-state index contributed by atoms with van der Waals surface area (Å²) >= 11 is 5.98. The van der Waals surface area contributed by atoms with Crippen LogP contribution in [0.3, 0.4) is 0 Å². The van der Waals surface area contributed by atoms with Gasteiger partial charge in [0.25, 0.3) is 0 Å². The molecule has 0 fully saturated rings. The van der Waals surface area contributed by atoms with Crippen molar-refractivity contribution in [2.75, 3.05) is 7.11 Å². The molecule has 0 aliphatic rings. The molecule has 1 unspecified atom stereocenters. The van der Waals surface area contributed by atoms with E-state index in [2.05, 4.69) is 5.10 Å². The number of benzene rings is 1. The van der Waals surface area contributed by atoms with E-state index in [0.29, 0.717) is 22.0 Å². The van der Waals surface area contributed by atoms with E-state index in [0.717, 1.165) is 0 Å². The number of ether oxygens (including phenoxy) is 1. The molecule has 100 valence electrons. The third kappa shape index (κ3) is 2.88. The quantitative estimate of drug-likeness (QED) is 0.935. The van der Waals surface area contributed by atoms with Gasteiger partial charge in [0, 0.05) is 22.8 Å². The minimum Gasteiger partial charge on any atom is -0.497 e. The first-order valence-corrected chi connectivity index (χ1v) is 6.01. The molecule has 2 rings (SSSR count). The van der Waals surface area contributed by atoms with Gasteiger partial charge in [-0.15, -0.1) is 0 Å². The Labute approximate surface area is 115 Å². The van der Waals surface area contributed by atoms with Gasteiger partial charge in [-0.25, -0.2) is 4.68 Å². The molecule has 1 atom stereocenters. The Morgan fingerprint density at radius 3 is 2.84 bits per heavy atom. The normalized spacial score (nSPS) is 12.2. The molecule has 19 heavy (non-hydrogen) atoms. The van der Waals surface area contributed by atoms with Crippen molar-refractivity contribution in [3.63, 3.8) is 0 Å². The minimum atomic E-state index is -0.886. The van der Waals surface area contributed by atoms with Crippen LogP contribution in [0.4, 0.5) is 0 Å². The molecule has 0 aliphatic heterocycles. The average Bonchev–Trinajstić information content (AvgIpc) is 2.86. The predicted molar refractivity (Wildman–Crippen MR) is 71.2 cm³/mol. The van der Waals surface area contributed by atoms with Crippen LogP contribution in [0.2, 0.25) is 5.02 Å². The van der Waals surface area contributed by atoms with Gasteiger partial charge in [-0.1, -0.05) is 11.6 Å². The standard InChI is InChI=1S/C13H13ClN2O3/c1-8(13(17)18)9-6-15-16(7-9)11-3-10(14)4-12(5-11)19-2/h3-8H,1-2H3,(H,17,18). The van der Waals surface area contributed by atoms with Crippen molar-refractivity contribution < 1.29 is 14.6 Å². The Morgan fingerprint density at radius 2 is 2.21 bits per heavy atom. The SMILES string of the molecule is COc1cc(Cl)cc(-n2cc(C(C)C(=O)O)cn2)c1. The number of methoxy groups -OCH3 is 1. The number of carboxylic acid groups (broad SMARTS) is 1. The van der Waals surface area contributed by atoms with E-state index in [1.54, 1.807) is 43.1 Å². The summed E-state index contributed by atoms with van der Waals surface area (Å²) in [6.45, 7) is 1.61. The maximum Gasteiger partial charge on any atom is 0.310 e. The zero-order valence-corrected chi connectivity index (χ0v) is 11.3. The third-order valence-electron chi connectivity index (χ3n) is 2.83. The number of carbonyl (C=O) groups is 1. The zero-order valence-electron chi connectivity index (χ0n) is 10.5. The van der Waals surface area contributed by atoms with Crippen LogP contribution in [0.5, 0.6) is 5.75 Å². The van der Waals surface area contributed by atoms with Crippen LogP contribution >= 0.6 is 11.6 Å². The van der Waals surface area contributed by atoms with E-state index in [1.165, 1.54) is 6.20 Å². The van der Waals surface area contributed by atoms with Gasteiger partial charge >= 0.3 is 5.97 Å². The summed E-state index contributed by atoms with van der Waals surface area (Å²) in [6, 6.07) is 5.19. The number of rotatable bonds is 4. The predicted octanol–water partition coefficient (Wildman–Crippen LogP) is 2.72. The molecule has 1 aromatic carbocycles. The monoisotopic (exact) mass is 280 g/mol. The third-order valence-corrected chi connectivity index (χ3v) is 3.05. The molecule has 1 N–H and O–H groups in total. The maximum atomic E-state index is 10.9. The van der Waals surface area contributed by atoms with Gasteiger partial charge in [0.2, 0.25) is 0 Å². The number of hydrogen-bond donors (Lipinski definition) is 1. The zero-order chi connectivity index (χ0) is 14.0. The van der Waals surface area contributed by atoms with Crippen molar-refractivity contribution in [3.8, 4) is 11.4 Å². The highest BCUT2D eigenvalue weighted by Crippen LogP contribution is 2.24. The summed E-state index contributed by atoms with van der Waals surface area (Å²) in [7, 11) is 1.55. The Balaban J connectivity index is 2.37. The number of nitrogens with zero attached hydrogens (tertiary/aromatic N) is 2. The van der Waals surface area contributed by atoms with Gasteiger partial charge in [-0.05, 0) is 19.1 Å². The molecule has 0 radical (unpaired) electrons. The fraction of sp³-hybridized carbons (Fsp3) is 0.231. The van der Waals surface area contributed by atoms with Crippen LogP contribution in [0.25, 0.3) is 5.69 Å². The first-order valence-electron chi connectivity index (χ1n) is 5.63. The number of hydrogen-bond acceptors (Lipinski definition) is 3. The van der Waals surface area contributed by atoms with Crippen LogP contribution in [-0.2, 0) is 4.79 Å². The van der Waals surface area contributed by atoms with Gasteiger partial charge in [0.1, 0.15) is 5.75 Å². The molecular formula is C13H13ClN2O3. The molecule has 0 spiro atoms. The summed E-state index contributed by atoms with van der Waals surface area (Å²) in [5.74, 6) is -0.871. The molecule has 0 bridgehead atoms. The molecule has 6 heteroatoms. The Morgan fingerprint density at radius 1 is 1.47 bits per heavy atom. The van der Waals surface area contributed by atoms with Gasteiger partial charge < -0.3 is 9.84 Å². The molecule has 5 nitrogen and oxygen atoms in total. The molecule has 0 saturated carbocycles. The lowest BCUT2D eigenvalue weighted by Gasteiger charge is -2.06. The van der Waals surface area contributed by atoms with Crippen LogP contribution in [-0.4, -0.2) is 28.0 Å². The number of aliphatic carboxylic acids is 1. The van der Waals surface area contributed by atoms with Gasteiger partial charge in [0.05, 0.1) is 24.9 Å². The molecule has 0 amide bonds. The fourth-order valence-corrected chi connectivity index (χ4v) is 1.86. The molecule has 1 aromatic heterocycles. The molecule has 1 heterocycles. The fourth-order valence-electron chi connectivity index (χ4n) is 1.64. The molecule has 2 aromatic rings. The highest BCUT2D eigenvalue weighted by Gasteiger charge is 2.16. The smallest absolute Gasteiger partial charge is 0.310 e. The second kappa shape index (κ2) is 5.32. The summed E-state index contributed by atoms with van der Waals surface area (Å²) in [5, 5.41) is 13.6. The van der Waals surface area contributed by atoms with Crippen LogP contribution in [0.1, 0.15) is 18.4 Å². The van der Waals surface area contributed by atoms with Crippen LogP contribution in [0, 0.1) is 0 Å². The van der Waals surface area contributed by atoms with E-state index in [-0.39, 0.29) is 0 Å². The lowest BCUT2D eigenvalue weighted by Crippen LogP contribution is -2.06. The van der Waals surface area contributed by atoms with Gasteiger partial charge in [-0.3, -0.25) is 4.79 Å². The summed E-state index contributed by atoms with van der Waals surface area (Å²) in [4.78, 5) is 10.9. The topological polar surface area (TPSA) is 64.3 Å². The first-order chi connectivity index (χ1) is 9.01. The first kappa shape index (κ1) is 13.4. The van der Waals surface area contributed by atoms with Crippen LogP contribution < -0.4 is 4.74 Å². The molecule has 0 aliphatic carbocycles. The molecule has 0 saturated heterocycles. The highest BCUT2D eigenvalue weighted by molar-refractivity contribution is 6.30. The van der Waals surface area contributed by atoms with Crippen molar-refractivity contribution >= 4 is 17.6 Å². The van der Waals surface area contributed by atoms with Crippen LogP contribution in [0.15, 0.2) is 30.6 Å². The summed E-state index contributed by atoms with van der Waals surface area (Å²) < 4.78 is 6.70. The van der Waals surface area contributed by atoms with Crippen molar-refractivity contribution in [2.24, 2.45) is 0 Å². The van der Waals surface area contributed by atoms with E-state index >= 15 is 0 Å². The number of halogens is 1. The van der Waals surface area contributed by atoms with Gasteiger partial charge in [-0.2, -0.15) is 5.10 Å². The number of aromatic nitrogens is 2. The van der Waals surface area contributed by atoms with E-state index < -0.39 is 11.9 Å². The average molecular weight is 281 g/mol. The Bertz CT molecular complexity index is 610. The van der Waals surface area contributed by atoms with Crippen molar-refractivity contribution in [1.82, 2.24) is 9.78 Å². The summed E-state index contributed by atoms with van der Waals surface area (Å²) in [6.07, 6.45) is 3.20. The lowest BCUT2D eigenvalue weighted by molar-refractivity contribution is -0.138. The Kier molecular flexibility index (Phi) is 3.76. The number of carboxylic acids is 1.